The largest absolute Gasteiger partial charge is 0.360 e. The molecular formula is C19H25FN4O6S2. The van der Waals surface area contributed by atoms with Gasteiger partial charge in [-0.15, -0.1) is 0 Å². The second-order valence-corrected chi connectivity index (χ2v) is 11.0. The third kappa shape index (κ3) is 5.34. The van der Waals surface area contributed by atoms with Crippen molar-refractivity contribution < 1.29 is 30.5 Å². The maximum absolute atomic E-state index is 13.1. The smallest absolute Gasteiger partial charge is 0.245 e. The monoisotopic (exact) mass is 488 g/mol. The number of amides is 1. The number of nitrogens with zero attached hydrogens (tertiary/aromatic N) is 3. The second kappa shape index (κ2) is 9.65. The minimum atomic E-state index is -3.86. The van der Waals surface area contributed by atoms with Gasteiger partial charge in [0.05, 0.1) is 4.90 Å². The molecule has 0 unspecified atom stereocenters. The molecule has 1 aliphatic rings. The lowest BCUT2D eigenvalue weighted by Crippen LogP contribution is -2.38. The molecule has 0 spiro atoms. The molecule has 32 heavy (non-hydrogen) atoms. The Morgan fingerprint density at radius 2 is 1.78 bits per heavy atom. The lowest BCUT2D eigenvalue weighted by Gasteiger charge is -2.22. The molecule has 10 nitrogen and oxygen atoms in total. The molecule has 1 N–H and O–H groups in total. The van der Waals surface area contributed by atoms with Crippen molar-refractivity contribution in [3.8, 4) is 0 Å². The zero-order valence-corrected chi connectivity index (χ0v) is 19.4. The highest BCUT2D eigenvalue weighted by Gasteiger charge is 2.29. The van der Waals surface area contributed by atoms with E-state index < -0.39 is 25.9 Å². The number of nitrogens with one attached hydrogen (secondary N) is 1. The fourth-order valence-electron chi connectivity index (χ4n) is 3.52. The molecule has 1 fully saturated rings. The van der Waals surface area contributed by atoms with Crippen molar-refractivity contribution in [2.75, 3.05) is 32.7 Å². The fraction of sp³-hybridized carbons (Fsp3) is 0.474. The maximum Gasteiger partial charge on any atom is 0.245 e. The molecule has 0 atom stereocenters. The molecule has 2 heterocycles. The quantitative estimate of drug-likeness (QED) is 0.616. The van der Waals surface area contributed by atoms with Crippen LogP contribution in [-0.4, -0.2) is 69.8 Å². The molecule has 176 valence electrons. The average Bonchev–Trinajstić information content (AvgIpc) is 2.92. The van der Waals surface area contributed by atoms with Crippen LogP contribution in [0.2, 0.25) is 0 Å². The number of sulfonamides is 2. The molecule has 0 bridgehead atoms. The molecule has 0 saturated carbocycles. The summed E-state index contributed by atoms with van der Waals surface area (Å²) >= 11 is 0. The van der Waals surface area contributed by atoms with Gasteiger partial charge in [0.15, 0.2) is 5.76 Å². The zero-order chi connectivity index (χ0) is 23.5. The van der Waals surface area contributed by atoms with Crippen molar-refractivity contribution in [3.05, 3.63) is 41.5 Å². The molecule has 1 amide bonds. The lowest BCUT2D eigenvalue weighted by atomic mass is 10.3. The molecule has 13 heteroatoms. The van der Waals surface area contributed by atoms with E-state index in [1.54, 1.807) is 0 Å². The second-order valence-electron chi connectivity index (χ2n) is 7.39. The molecule has 0 radical (unpaired) electrons. The van der Waals surface area contributed by atoms with E-state index >= 15 is 0 Å². The molecule has 1 saturated heterocycles. The van der Waals surface area contributed by atoms with E-state index in [4.69, 9.17) is 4.52 Å². The molecule has 1 aromatic carbocycles. The SMILES string of the molecule is Cc1noc(C)c1S(=O)(=O)NCCC(=O)N1CCCN(S(=O)(=O)c2ccc(F)cc2)CC1. The van der Waals surface area contributed by atoms with Crippen LogP contribution in [0.1, 0.15) is 24.3 Å². The van der Waals surface area contributed by atoms with Crippen molar-refractivity contribution >= 4 is 26.0 Å². The lowest BCUT2D eigenvalue weighted by molar-refractivity contribution is -0.130. The number of aryl methyl sites for hydroxylation is 2. The predicted octanol–water partition coefficient (Wildman–Crippen LogP) is 1.02. The highest BCUT2D eigenvalue weighted by molar-refractivity contribution is 7.89. The first kappa shape index (κ1) is 24.3. The summed E-state index contributed by atoms with van der Waals surface area (Å²) in [4.78, 5) is 14.0. The van der Waals surface area contributed by atoms with Crippen LogP contribution in [0.25, 0.3) is 0 Å². The van der Waals surface area contributed by atoms with Gasteiger partial charge in [-0.2, -0.15) is 4.31 Å². The van der Waals surface area contributed by atoms with Gasteiger partial charge in [0.2, 0.25) is 26.0 Å². The Balaban J connectivity index is 1.56. The number of carbonyl (C=O) groups excluding carboxylic acids is 1. The standard InChI is InChI=1S/C19H25FN4O6S2/c1-14-19(15(2)30-22-14)31(26,27)21-9-8-18(25)23-10-3-11-24(13-12-23)32(28,29)17-6-4-16(20)5-7-17/h4-7,21H,3,8-13H2,1-2H3. The van der Waals surface area contributed by atoms with Crippen molar-refractivity contribution in [1.29, 1.82) is 0 Å². The van der Waals surface area contributed by atoms with Crippen LogP contribution in [-0.2, 0) is 24.8 Å². The van der Waals surface area contributed by atoms with E-state index in [1.165, 1.54) is 35.2 Å². The molecule has 3 rings (SSSR count). The number of benzene rings is 1. The number of rotatable bonds is 7. The summed E-state index contributed by atoms with van der Waals surface area (Å²) in [5.41, 5.74) is 0.233. The summed E-state index contributed by atoms with van der Waals surface area (Å²) in [5, 5.41) is 3.62. The molecular weight excluding hydrogens is 463 g/mol. The average molecular weight is 489 g/mol. The highest BCUT2D eigenvalue weighted by Crippen LogP contribution is 2.20. The first-order chi connectivity index (χ1) is 15.0. The van der Waals surface area contributed by atoms with Crippen LogP contribution in [0.15, 0.2) is 38.6 Å². The van der Waals surface area contributed by atoms with Gasteiger partial charge in [-0.3, -0.25) is 4.79 Å². The van der Waals surface area contributed by atoms with E-state index in [0.717, 1.165) is 12.1 Å². The Labute approximate surface area is 186 Å². The summed E-state index contributed by atoms with van der Waals surface area (Å²) in [6, 6.07) is 4.60. The number of hydrogen-bond acceptors (Lipinski definition) is 7. The molecule has 2 aromatic rings. The maximum atomic E-state index is 13.1. The number of aromatic nitrogens is 1. The van der Waals surface area contributed by atoms with Gasteiger partial charge < -0.3 is 9.42 Å². The Morgan fingerprint density at radius 3 is 2.41 bits per heavy atom. The van der Waals surface area contributed by atoms with E-state index in [9.17, 15) is 26.0 Å². The summed E-state index contributed by atoms with van der Waals surface area (Å²) < 4.78 is 72.1. The van der Waals surface area contributed by atoms with Gasteiger partial charge in [0, 0.05) is 39.1 Å². The summed E-state index contributed by atoms with van der Waals surface area (Å²) in [6.45, 7) is 3.74. The first-order valence-electron chi connectivity index (χ1n) is 9.98. The van der Waals surface area contributed by atoms with E-state index in [2.05, 4.69) is 9.88 Å². The van der Waals surface area contributed by atoms with E-state index in [0.29, 0.717) is 13.0 Å². The molecule has 1 aliphatic heterocycles. The van der Waals surface area contributed by atoms with Crippen LogP contribution in [0.3, 0.4) is 0 Å². The molecule has 0 aliphatic carbocycles. The Morgan fingerprint density at radius 1 is 1.09 bits per heavy atom. The third-order valence-corrected chi connectivity index (χ3v) is 8.74. The zero-order valence-electron chi connectivity index (χ0n) is 17.7. The van der Waals surface area contributed by atoms with Crippen LogP contribution in [0.4, 0.5) is 4.39 Å². The number of carbonyl (C=O) groups is 1. The fourth-order valence-corrected chi connectivity index (χ4v) is 6.35. The minimum Gasteiger partial charge on any atom is -0.360 e. The van der Waals surface area contributed by atoms with Gasteiger partial charge in [0.25, 0.3) is 0 Å². The topological polar surface area (TPSA) is 130 Å². The van der Waals surface area contributed by atoms with Crippen molar-refractivity contribution in [1.82, 2.24) is 19.1 Å². The summed E-state index contributed by atoms with van der Waals surface area (Å²) in [6.07, 6.45) is 0.351. The van der Waals surface area contributed by atoms with Gasteiger partial charge in [-0.05, 0) is 44.5 Å². The third-order valence-electron chi connectivity index (χ3n) is 5.13. The van der Waals surface area contributed by atoms with Gasteiger partial charge in [-0.1, -0.05) is 5.16 Å². The van der Waals surface area contributed by atoms with E-state index in [-0.39, 0.29) is 59.8 Å². The minimum absolute atomic E-state index is 0.00703. The Hall–Kier alpha value is -2.35. The number of hydrogen-bond donors (Lipinski definition) is 1. The first-order valence-corrected chi connectivity index (χ1v) is 12.9. The van der Waals surface area contributed by atoms with Gasteiger partial charge in [0.1, 0.15) is 16.4 Å². The van der Waals surface area contributed by atoms with Crippen LogP contribution >= 0.6 is 0 Å². The molecule has 1 aromatic heterocycles. The van der Waals surface area contributed by atoms with Crippen LogP contribution in [0, 0.1) is 19.7 Å². The van der Waals surface area contributed by atoms with Crippen molar-refractivity contribution in [2.45, 2.75) is 36.5 Å². The number of halogens is 1. The van der Waals surface area contributed by atoms with Crippen LogP contribution in [0.5, 0.6) is 0 Å². The highest BCUT2D eigenvalue weighted by atomic mass is 32.2. The van der Waals surface area contributed by atoms with E-state index in [1.807, 2.05) is 0 Å². The van der Waals surface area contributed by atoms with Gasteiger partial charge >= 0.3 is 0 Å². The Kier molecular flexibility index (Phi) is 7.32. The van der Waals surface area contributed by atoms with Crippen molar-refractivity contribution in [2.24, 2.45) is 0 Å². The summed E-state index contributed by atoms with van der Waals surface area (Å²) in [5.74, 6) is -0.648. The predicted molar refractivity (Wildman–Crippen MR) is 112 cm³/mol. The van der Waals surface area contributed by atoms with Gasteiger partial charge in [-0.25, -0.2) is 25.9 Å². The van der Waals surface area contributed by atoms with Crippen LogP contribution < -0.4 is 4.72 Å². The van der Waals surface area contributed by atoms with Crippen molar-refractivity contribution in [3.63, 3.8) is 0 Å². The summed E-state index contributed by atoms with van der Waals surface area (Å²) in [7, 11) is -7.66. The Bertz CT molecular complexity index is 1160. The normalized spacial score (nSPS) is 16.2.